The van der Waals surface area contributed by atoms with E-state index in [-0.39, 0.29) is 11.9 Å². The van der Waals surface area contributed by atoms with Crippen LogP contribution in [0, 0.1) is 0 Å². The lowest BCUT2D eigenvalue weighted by Crippen LogP contribution is -2.28. The van der Waals surface area contributed by atoms with Crippen LogP contribution in [0.5, 0.6) is 5.75 Å². The van der Waals surface area contributed by atoms with E-state index in [1.807, 2.05) is 61.5 Å². The summed E-state index contributed by atoms with van der Waals surface area (Å²) < 4.78 is 9.28. The zero-order chi connectivity index (χ0) is 24.8. The summed E-state index contributed by atoms with van der Waals surface area (Å²) in [6.07, 6.45) is 1.88. The van der Waals surface area contributed by atoms with E-state index in [2.05, 4.69) is 57.9 Å². The van der Waals surface area contributed by atoms with E-state index in [0.717, 1.165) is 46.5 Å². The molecule has 1 amide bonds. The first-order valence-corrected chi connectivity index (χ1v) is 13.0. The quantitative estimate of drug-likeness (QED) is 0.218. The number of rotatable bonds is 10. The van der Waals surface area contributed by atoms with Crippen molar-refractivity contribution in [2.75, 3.05) is 6.61 Å². The third-order valence-corrected chi connectivity index (χ3v) is 6.63. The van der Waals surface area contributed by atoms with Gasteiger partial charge in [0, 0.05) is 16.6 Å². The Bertz CT molecular complexity index is 1280. The highest BCUT2D eigenvalue weighted by Crippen LogP contribution is 2.26. The molecule has 1 heterocycles. The first-order chi connectivity index (χ1) is 16.9. The SMILES string of the molecule is CC(C)c1ccccc1OCCCCn1c(C(C)NC(=O)c2ccc(Br)cc2)nc2ccccc21. The normalized spacial score (nSPS) is 12.1. The third kappa shape index (κ3) is 6.12. The number of nitrogens with one attached hydrogen (secondary N) is 1. The molecule has 0 aliphatic carbocycles. The highest BCUT2D eigenvalue weighted by atomic mass is 79.9. The van der Waals surface area contributed by atoms with Crippen LogP contribution in [0.25, 0.3) is 11.0 Å². The summed E-state index contributed by atoms with van der Waals surface area (Å²) in [4.78, 5) is 17.7. The predicted octanol–water partition coefficient (Wildman–Crippen LogP) is 7.27. The van der Waals surface area contributed by atoms with E-state index in [0.29, 0.717) is 18.1 Å². The summed E-state index contributed by atoms with van der Waals surface area (Å²) in [5.74, 6) is 2.16. The highest BCUT2D eigenvalue weighted by molar-refractivity contribution is 9.10. The standard InChI is InChI=1S/C29H32BrN3O2/c1-20(2)24-10-4-7-13-27(24)35-19-9-8-18-33-26-12-6-5-11-25(26)32-28(33)21(3)31-29(34)22-14-16-23(30)17-15-22/h4-7,10-17,20-21H,8-9,18-19H2,1-3H3,(H,31,34). The molecule has 0 radical (unpaired) electrons. The molecule has 4 aromatic rings. The van der Waals surface area contributed by atoms with E-state index < -0.39 is 0 Å². The number of hydrogen-bond acceptors (Lipinski definition) is 3. The molecule has 1 atom stereocenters. The zero-order valence-electron chi connectivity index (χ0n) is 20.5. The Hall–Kier alpha value is -3.12. The highest BCUT2D eigenvalue weighted by Gasteiger charge is 2.19. The van der Waals surface area contributed by atoms with Crippen LogP contribution in [0.15, 0.2) is 77.3 Å². The van der Waals surface area contributed by atoms with Crippen LogP contribution in [-0.2, 0) is 6.54 Å². The number of hydrogen-bond donors (Lipinski definition) is 1. The molecule has 35 heavy (non-hydrogen) atoms. The number of halogens is 1. The van der Waals surface area contributed by atoms with Gasteiger partial charge in [0.25, 0.3) is 5.91 Å². The maximum absolute atomic E-state index is 12.8. The summed E-state index contributed by atoms with van der Waals surface area (Å²) in [6.45, 7) is 7.83. The van der Waals surface area contributed by atoms with Gasteiger partial charge in [-0.3, -0.25) is 4.79 Å². The van der Waals surface area contributed by atoms with Gasteiger partial charge >= 0.3 is 0 Å². The molecule has 0 spiro atoms. The topological polar surface area (TPSA) is 56.1 Å². The van der Waals surface area contributed by atoms with Crippen molar-refractivity contribution in [1.29, 1.82) is 0 Å². The Morgan fingerprint density at radius 1 is 0.971 bits per heavy atom. The monoisotopic (exact) mass is 533 g/mol. The molecule has 0 aliphatic heterocycles. The molecule has 0 saturated heterocycles. The molecule has 1 N–H and O–H groups in total. The molecular formula is C29H32BrN3O2. The number of aryl methyl sites for hydroxylation is 1. The number of carbonyl (C=O) groups excluding carboxylic acids is 1. The lowest BCUT2D eigenvalue weighted by molar-refractivity contribution is 0.0937. The van der Waals surface area contributed by atoms with Crippen molar-refractivity contribution >= 4 is 32.9 Å². The van der Waals surface area contributed by atoms with Gasteiger partial charge in [-0.2, -0.15) is 0 Å². The molecule has 182 valence electrons. The maximum Gasteiger partial charge on any atom is 0.251 e. The van der Waals surface area contributed by atoms with Crippen molar-refractivity contribution in [3.05, 3.63) is 94.2 Å². The maximum atomic E-state index is 12.8. The van der Waals surface area contributed by atoms with Crippen LogP contribution in [-0.4, -0.2) is 22.1 Å². The van der Waals surface area contributed by atoms with Gasteiger partial charge in [-0.05, 0) is 73.7 Å². The zero-order valence-corrected chi connectivity index (χ0v) is 22.1. The smallest absolute Gasteiger partial charge is 0.251 e. The van der Waals surface area contributed by atoms with Crippen molar-refractivity contribution in [2.45, 2.75) is 52.1 Å². The second kappa shape index (κ2) is 11.5. The van der Waals surface area contributed by atoms with Crippen LogP contribution in [0.3, 0.4) is 0 Å². The molecule has 6 heteroatoms. The largest absolute Gasteiger partial charge is 0.493 e. The summed E-state index contributed by atoms with van der Waals surface area (Å²) in [6, 6.07) is 23.5. The van der Waals surface area contributed by atoms with E-state index in [4.69, 9.17) is 9.72 Å². The van der Waals surface area contributed by atoms with Gasteiger partial charge in [0.2, 0.25) is 0 Å². The van der Waals surface area contributed by atoms with E-state index in [1.54, 1.807) is 0 Å². The molecule has 0 aliphatic rings. The Morgan fingerprint density at radius 3 is 2.46 bits per heavy atom. The van der Waals surface area contributed by atoms with Crippen molar-refractivity contribution < 1.29 is 9.53 Å². The van der Waals surface area contributed by atoms with Crippen molar-refractivity contribution in [2.24, 2.45) is 0 Å². The number of carbonyl (C=O) groups is 1. The lowest BCUT2D eigenvalue weighted by atomic mass is 10.0. The number of para-hydroxylation sites is 3. The number of unbranched alkanes of at least 4 members (excludes halogenated alkanes) is 1. The summed E-state index contributed by atoms with van der Waals surface area (Å²) >= 11 is 3.42. The van der Waals surface area contributed by atoms with Gasteiger partial charge in [0.15, 0.2) is 0 Å². The second-order valence-electron chi connectivity index (χ2n) is 9.06. The van der Waals surface area contributed by atoms with Gasteiger partial charge in [-0.15, -0.1) is 0 Å². The lowest BCUT2D eigenvalue weighted by Gasteiger charge is -2.17. The number of aromatic nitrogens is 2. The average Bonchev–Trinajstić information content (AvgIpc) is 3.23. The van der Waals surface area contributed by atoms with Crippen molar-refractivity contribution in [1.82, 2.24) is 14.9 Å². The van der Waals surface area contributed by atoms with Gasteiger partial charge < -0.3 is 14.6 Å². The minimum atomic E-state index is -0.229. The van der Waals surface area contributed by atoms with Gasteiger partial charge in [-0.25, -0.2) is 4.98 Å². The number of amides is 1. The van der Waals surface area contributed by atoms with Crippen LogP contribution in [0.2, 0.25) is 0 Å². The van der Waals surface area contributed by atoms with Crippen LogP contribution in [0.1, 0.15) is 67.3 Å². The molecular weight excluding hydrogens is 502 g/mol. The minimum Gasteiger partial charge on any atom is -0.493 e. The van der Waals surface area contributed by atoms with Gasteiger partial charge in [0.05, 0.1) is 23.7 Å². The first-order valence-electron chi connectivity index (χ1n) is 12.2. The van der Waals surface area contributed by atoms with Crippen LogP contribution < -0.4 is 10.1 Å². The minimum absolute atomic E-state index is 0.110. The molecule has 0 fully saturated rings. The summed E-state index contributed by atoms with van der Waals surface area (Å²) in [5, 5.41) is 3.11. The van der Waals surface area contributed by atoms with Crippen LogP contribution >= 0.6 is 15.9 Å². The predicted molar refractivity (Wildman–Crippen MR) is 145 cm³/mol. The van der Waals surface area contributed by atoms with Crippen LogP contribution in [0.4, 0.5) is 0 Å². The van der Waals surface area contributed by atoms with Crippen molar-refractivity contribution in [3.63, 3.8) is 0 Å². The van der Waals surface area contributed by atoms with Gasteiger partial charge in [0.1, 0.15) is 11.6 Å². The molecule has 0 saturated carbocycles. The number of fused-ring (bicyclic) bond motifs is 1. The summed E-state index contributed by atoms with van der Waals surface area (Å²) in [7, 11) is 0. The molecule has 3 aromatic carbocycles. The van der Waals surface area contributed by atoms with E-state index >= 15 is 0 Å². The number of nitrogens with zero attached hydrogens (tertiary/aromatic N) is 2. The van der Waals surface area contributed by atoms with E-state index in [1.165, 1.54) is 5.56 Å². The molecule has 0 bridgehead atoms. The first kappa shape index (κ1) is 25.0. The van der Waals surface area contributed by atoms with Gasteiger partial charge in [-0.1, -0.05) is 60.1 Å². The van der Waals surface area contributed by atoms with E-state index in [9.17, 15) is 4.79 Å². The Labute approximate surface area is 215 Å². The number of ether oxygens (including phenoxy) is 1. The fourth-order valence-corrected chi connectivity index (χ4v) is 4.51. The molecule has 5 nitrogen and oxygen atoms in total. The van der Waals surface area contributed by atoms with Crippen molar-refractivity contribution in [3.8, 4) is 5.75 Å². The molecule has 1 aromatic heterocycles. The fraction of sp³-hybridized carbons (Fsp3) is 0.310. The number of imidazole rings is 1. The Balaban J connectivity index is 1.42. The number of benzene rings is 3. The summed E-state index contributed by atoms with van der Waals surface area (Å²) in [5.41, 5.74) is 3.89. The molecule has 4 rings (SSSR count). The third-order valence-electron chi connectivity index (χ3n) is 6.10. The average molecular weight is 534 g/mol. The Morgan fingerprint density at radius 2 is 1.69 bits per heavy atom. The molecule has 1 unspecified atom stereocenters. The second-order valence-corrected chi connectivity index (χ2v) is 9.98. The fourth-order valence-electron chi connectivity index (χ4n) is 4.25. The Kier molecular flexibility index (Phi) is 8.24.